The van der Waals surface area contributed by atoms with Crippen molar-refractivity contribution in [2.75, 3.05) is 17.7 Å². The molecule has 6 nitrogen and oxygen atoms in total. The van der Waals surface area contributed by atoms with Crippen LogP contribution in [0.1, 0.15) is 5.56 Å². The van der Waals surface area contributed by atoms with Crippen LogP contribution in [0.4, 0.5) is 17.5 Å². The maximum Gasteiger partial charge on any atom is 0.226 e. The van der Waals surface area contributed by atoms with Gasteiger partial charge in [0, 0.05) is 19.8 Å². The van der Waals surface area contributed by atoms with Crippen LogP contribution < -0.4 is 10.6 Å². The largest absolute Gasteiger partial charge is 0.357 e. The predicted octanol–water partition coefficient (Wildman–Crippen LogP) is 2.46. The number of nitrogens with one attached hydrogen (secondary N) is 2. The predicted molar refractivity (Wildman–Crippen MR) is 80.3 cm³/mol. The monoisotopic (exact) mass is 268 g/mol. The summed E-state index contributed by atoms with van der Waals surface area (Å²) in [5.74, 6) is 1.31. The Balaban J connectivity index is 2.07. The second-order valence-electron chi connectivity index (χ2n) is 4.64. The van der Waals surface area contributed by atoms with Gasteiger partial charge in [-0.15, -0.1) is 0 Å². The number of benzene rings is 1. The molecule has 0 fully saturated rings. The second-order valence-corrected chi connectivity index (χ2v) is 4.64. The molecular formula is C14H16N6. The molecule has 3 aromatic rings. The lowest BCUT2D eigenvalue weighted by Crippen LogP contribution is -2.03. The molecule has 0 spiro atoms. The summed E-state index contributed by atoms with van der Waals surface area (Å²) in [6.07, 6.45) is 1.77. The number of anilines is 3. The van der Waals surface area contributed by atoms with Gasteiger partial charge < -0.3 is 10.6 Å². The SMILES string of the molecule is CNc1nc(Nc2ccc(C)cc2)c2cnn(C)c2n1. The Morgan fingerprint density at radius 2 is 1.85 bits per heavy atom. The van der Waals surface area contributed by atoms with Gasteiger partial charge in [-0.3, -0.25) is 4.68 Å². The third kappa shape index (κ3) is 2.16. The molecule has 2 aromatic heterocycles. The molecule has 0 aliphatic heterocycles. The molecule has 0 radical (unpaired) electrons. The first-order valence-corrected chi connectivity index (χ1v) is 6.38. The molecule has 0 unspecified atom stereocenters. The lowest BCUT2D eigenvalue weighted by Gasteiger charge is -2.09. The Kier molecular flexibility index (Phi) is 2.98. The highest BCUT2D eigenvalue weighted by Gasteiger charge is 2.11. The molecule has 0 bridgehead atoms. The number of nitrogens with zero attached hydrogens (tertiary/aromatic N) is 4. The quantitative estimate of drug-likeness (QED) is 0.763. The van der Waals surface area contributed by atoms with Gasteiger partial charge in [-0.1, -0.05) is 17.7 Å². The fourth-order valence-corrected chi connectivity index (χ4v) is 2.00. The maximum absolute atomic E-state index is 4.46. The smallest absolute Gasteiger partial charge is 0.226 e. The van der Waals surface area contributed by atoms with Crippen molar-refractivity contribution < 1.29 is 0 Å². The van der Waals surface area contributed by atoms with Crippen molar-refractivity contribution >= 4 is 28.5 Å². The van der Waals surface area contributed by atoms with E-state index in [0.717, 1.165) is 22.5 Å². The summed E-state index contributed by atoms with van der Waals surface area (Å²) in [5, 5.41) is 11.4. The first-order valence-electron chi connectivity index (χ1n) is 6.38. The minimum atomic E-state index is 0.565. The van der Waals surface area contributed by atoms with E-state index in [1.165, 1.54) is 5.56 Å². The van der Waals surface area contributed by atoms with Gasteiger partial charge in [-0.2, -0.15) is 15.1 Å². The molecule has 6 heteroatoms. The fourth-order valence-electron chi connectivity index (χ4n) is 2.00. The molecule has 102 valence electrons. The minimum Gasteiger partial charge on any atom is -0.357 e. The van der Waals surface area contributed by atoms with Gasteiger partial charge in [0.1, 0.15) is 5.82 Å². The number of fused-ring (bicyclic) bond motifs is 1. The van der Waals surface area contributed by atoms with E-state index in [0.29, 0.717) is 5.95 Å². The Morgan fingerprint density at radius 1 is 1.10 bits per heavy atom. The van der Waals surface area contributed by atoms with E-state index in [4.69, 9.17) is 0 Å². The van der Waals surface area contributed by atoms with Crippen molar-refractivity contribution in [3.8, 4) is 0 Å². The highest BCUT2D eigenvalue weighted by Crippen LogP contribution is 2.24. The summed E-state index contributed by atoms with van der Waals surface area (Å²) in [6, 6.07) is 8.17. The molecule has 0 aliphatic carbocycles. The van der Waals surface area contributed by atoms with Crippen LogP contribution in [-0.4, -0.2) is 26.8 Å². The van der Waals surface area contributed by atoms with E-state index in [9.17, 15) is 0 Å². The molecule has 1 aromatic carbocycles. The summed E-state index contributed by atoms with van der Waals surface area (Å²) in [7, 11) is 3.66. The van der Waals surface area contributed by atoms with Crippen LogP contribution in [0.15, 0.2) is 30.5 Å². The summed E-state index contributed by atoms with van der Waals surface area (Å²) in [5.41, 5.74) is 3.00. The van der Waals surface area contributed by atoms with Crippen molar-refractivity contribution in [3.05, 3.63) is 36.0 Å². The van der Waals surface area contributed by atoms with Crippen LogP contribution in [0.5, 0.6) is 0 Å². The van der Waals surface area contributed by atoms with Crippen LogP contribution in [0.25, 0.3) is 11.0 Å². The molecule has 0 atom stereocenters. The van der Waals surface area contributed by atoms with Crippen LogP contribution in [-0.2, 0) is 7.05 Å². The molecule has 0 amide bonds. The number of aryl methyl sites for hydroxylation is 2. The lowest BCUT2D eigenvalue weighted by molar-refractivity contribution is 0.786. The average Bonchev–Trinajstić information content (AvgIpc) is 2.83. The van der Waals surface area contributed by atoms with E-state index < -0.39 is 0 Å². The topological polar surface area (TPSA) is 67.7 Å². The van der Waals surface area contributed by atoms with Crippen molar-refractivity contribution in [1.82, 2.24) is 19.7 Å². The van der Waals surface area contributed by atoms with Gasteiger partial charge in [0.15, 0.2) is 5.65 Å². The lowest BCUT2D eigenvalue weighted by atomic mass is 10.2. The van der Waals surface area contributed by atoms with E-state index >= 15 is 0 Å². The van der Waals surface area contributed by atoms with E-state index in [1.54, 1.807) is 17.9 Å². The third-order valence-electron chi connectivity index (χ3n) is 3.13. The highest BCUT2D eigenvalue weighted by molar-refractivity contribution is 5.89. The van der Waals surface area contributed by atoms with Crippen molar-refractivity contribution in [2.45, 2.75) is 6.92 Å². The third-order valence-corrected chi connectivity index (χ3v) is 3.13. The number of hydrogen-bond donors (Lipinski definition) is 2. The van der Waals surface area contributed by atoms with Gasteiger partial charge in [0.25, 0.3) is 0 Å². The van der Waals surface area contributed by atoms with Crippen molar-refractivity contribution in [2.24, 2.45) is 7.05 Å². The molecule has 20 heavy (non-hydrogen) atoms. The van der Waals surface area contributed by atoms with Gasteiger partial charge >= 0.3 is 0 Å². The average molecular weight is 268 g/mol. The Labute approximate surface area is 116 Å². The standard InChI is InChI=1S/C14H16N6/c1-9-4-6-10(7-5-9)17-12-11-8-16-20(3)13(11)19-14(15-2)18-12/h4-8H,1-3H3,(H2,15,17,18,19). The molecule has 3 rings (SSSR count). The summed E-state index contributed by atoms with van der Waals surface area (Å²) < 4.78 is 1.73. The Bertz CT molecular complexity index is 744. The Morgan fingerprint density at radius 3 is 2.55 bits per heavy atom. The Hall–Kier alpha value is -2.63. The normalized spacial score (nSPS) is 10.8. The van der Waals surface area contributed by atoms with Crippen LogP contribution in [0.2, 0.25) is 0 Å². The van der Waals surface area contributed by atoms with E-state index in [1.807, 2.05) is 19.2 Å². The number of hydrogen-bond acceptors (Lipinski definition) is 5. The highest BCUT2D eigenvalue weighted by atomic mass is 15.3. The van der Waals surface area contributed by atoms with Crippen molar-refractivity contribution in [1.29, 1.82) is 0 Å². The van der Waals surface area contributed by atoms with Crippen LogP contribution in [0.3, 0.4) is 0 Å². The number of rotatable bonds is 3. The molecule has 2 N–H and O–H groups in total. The zero-order chi connectivity index (χ0) is 14.1. The minimum absolute atomic E-state index is 0.565. The molecule has 0 aliphatic rings. The summed E-state index contributed by atoms with van der Waals surface area (Å²) in [6.45, 7) is 2.06. The molecule has 2 heterocycles. The first kappa shape index (κ1) is 12.4. The zero-order valence-electron chi connectivity index (χ0n) is 11.7. The van der Waals surface area contributed by atoms with E-state index in [2.05, 4.69) is 44.8 Å². The molecule has 0 saturated carbocycles. The van der Waals surface area contributed by atoms with Gasteiger partial charge in [-0.25, -0.2) is 0 Å². The van der Waals surface area contributed by atoms with E-state index in [-0.39, 0.29) is 0 Å². The van der Waals surface area contributed by atoms with Gasteiger partial charge in [0.05, 0.1) is 11.6 Å². The van der Waals surface area contributed by atoms with Crippen LogP contribution >= 0.6 is 0 Å². The maximum atomic E-state index is 4.46. The van der Waals surface area contributed by atoms with Gasteiger partial charge in [0.2, 0.25) is 5.95 Å². The summed E-state index contributed by atoms with van der Waals surface area (Å²) >= 11 is 0. The second kappa shape index (κ2) is 4.80. The fraction of sp³-hybridized carbons (Fsp3) is 0.214. The number of aromatic nitrogens is 4. The van der Waals surface area contributed by atoms with Crippen LogP contribution in [0, 0.1) is 6.92 Å². The molecular weight excluding hydrogens is 252 g/mol. The van der Waals surface area contributed by atoms with Gasteiger partial charge in [-0.05, 0) is 19.1 Å². The first-order chi connectivity index (χ1) is 9.67. The molecule has 0 saturated heterocycles. The zero-order valence-corrected chi connectivity index (χ0v) is 11.7. The summed E-state index contributed by atoms with van der Waals surface area (Å²) in [4.78, 5) is 8.87. The van der Waals surface area contributed by atoms with Crippen molar-refractivity contribution in [3.63, 3.8) is 0 Å².